The summed E-state index contributed by atoms with van der Waals surface area (Å²) in [4.78, 5) is 11.8. The number of hydrogen-bond acceptors (Lipinski definition) is 2. The quantitative estimate of drug-likeness (QED) is 0.883. The first-order valence-electron chi connectivity index (χ1n) is 6.41. The highest BCUT2D eigenvalue weighted by atomic mass is 35.5. The number of halogens is 2. The summed E-state index contributed by atoms with van der Waals surface area (Å²) in [6.07, 6.45) is 3.00. The molecule has 6 heteroatoms. The van der Waals surface area contributed by atoms with Crippen molar-refractivity contribution in [3.8, 4) is 5.75 Å². The molecule has 0 aliphatic heterocycles. The van der Waals surface area contributed by atoms with Crippen LogP contribution in [0.15, 0.2) is 48.7 Å². The van der Waals surface area contributed by atoms with Crippen LogP contribution in [0.1, 0.15) is 5.56 Å². The van der Waals surface area contributed by atoms with Gasteiger partial charge in [-0.1, -0.05) is 23.7 Å². The van der Waals surface area contributed by atoms with Gasteiger partial charge in [-0.2, -0.15) is 0 Å². The molecular formula is C16H14ClFN2O2. The van der Waals surface area contributed by atoms with Gasteiger partial charge in [0.1, 0.15) is 11.6 Å². The highest BCUT2D eigenvalue weighted by Gasteiger charge is 2.06. The molecule has 0 saturated heterocycles. The van der Waals surface area contributed by atoms with E-state index < -0.39 is 6.03 Å². The normalized spacial score (nSPS) is 10.5. The highest BCUT2D eigenvalue weighted by Crippen LogP contribution is 2.27. The Bertz CT molecular complexity index is 704. The van der Waals surface area contributed by atoms with Gasteiger partial charge in [0.15, 0.2) is 0 Å². The standard InChI is InChI=1S/C16H14ClFN2O2/c1-22-15-6-5-12(17)10-14(15)20-16(21)19-8-7-11-3-2-4-13(18)9-11/h2-10H,1H3,(H2,19,20,21)/b8-7+. The van der Waals surface area contributed by atoms with Crippen molar-refractivity contribution in [1.82, 2.24) is 5.32 Å². The van der Waals surface area contributed by atoms with E-state index in [-0.39, 0.29) is 5.82 Å². The van der Waals surface area contributed by atoms with Crippen LogP contribution in [0.25, 0.3) is 6.08 Å². The molecule has 0 bridgehead atoms. The molecule has 0 fully saturated rings. The lowest BCUT2D eigenvalue weighted by Gasteiger charge is -2.10. The van der Waals surface area contributed by atoms with Gasteiger partial charge in [-0.15, -0.1) is 0 Å². The van der Waals surface area contributed by atoms with Crippen molar-refractivity contribution in [3.63, 3.8) is 0 Å². The fourth-order valence-electron chi connectivity index (χ4n) is 1.76. The average Bonchev–Trinajstić information content (AvgIpc) is 2.47. The van der Waals surface area contributed by atoms with Gasteiger partial charge in [0.25, 0.3) is 0 Å². The van der Waals surface area contributed by atoms with E-state index in [2.05, 4.69) is 10.6 Å². The molecule has 0 saturated carbocycles. The molecule has 0 aromatic heterocycles. The lowest BCUT2D eigenvalue weighted by atomic mass is 10.2. The van der Waals surface area contributed by atoms with Gasteiger partial charge in [0, 0.05) is 11.2 Å². The Kier molecular flexibility index (Phi) is 5.38. The molecule has 2 aromatic carbocycles. The Hall–Kier alpha value is -2.53. The molecule has 0 spiro atoms. The number of anilines is 1. The van der Waals surface area contributed by atoms with Gasteiger partial charge in [-0.25, -0.2) is 9.18 Å². The Morgan fingerprint density at radius 1 is 1.27 bits per heavy atom. The first-order valence-corrected chi connectivity index (χ1v) is 6.79. The number of urea groups is 1. The predicted molar refractivity (Wildman–Crippen MR) is 85.6 cm³/mol. The maximum Gasteiger partial charge on any atom is 0.323 e. The largest absolute Gasteiger partial charge is 0.495 e. The van der Waals surface area contributed by atoms with Crippen LogP contribution >= 0.6 is 11.6 Å². The van der Waals surface area contributed by atoms with Crippen LogP contribution in [0.3, 0.4) is 0 Å². The maximum atomic E-state index is 13.0. The van der Waals surface area contributed by atoms with E-state index in [0.29, 0.717) is 22.0 Å². The number of carbonyl (C=O) groups excluding carboxylic acids is 1. The van der Waals surface area contributed by atoms with Crippen molar-refractivity contribution in [2.24, 2.45) is 0 Å². The fraction of sp³-hybridized carbons (Fsp3) is 0.0625. The van der Waals surface area contributed by atoms with Crippen molar-refractivity contribution in [2.45, 2.75) is 0 Å². The lowest BCUT2D eigenvalue weighted by Crippen LogP contribution is -2.24. The minimum Gasteiger partial charge on any atom is -0.495 e. The zero-order valence-electron chi connectivity index (χ0n) is 11.8. The van der Waals surface area contributed by atoms with Crippen LogP contribution in [0.4, 0.5) is 14.9 Å². The van der Waals surface area contributed by atoms with Crippen molar-refractivity contribution >= 4 is 29.4 Å². The van der Waals surface area contributed by atoms with E-state index in [1.807, 2.05) is 0 Å². The van der Waals surface area contributed by atoms with Gasteiger partial charge < -0.3 is 15.4 Å². The molecule has 114 valence electrons. The Labute approximate surface area is 132 Å². The van der Waals surface area contributed by atoms with Gasteiger partial charge in [0.2, 0.25) is 0 Å². The van der Waals surface area contributed by atoms with Crippen LogP contribution in [-0.4, -0.2) is 13.1 Å². The minimum absolute atomic E-state index is 0.338. The second kappa shape index (κ2) is 7.47. The van der Waals surface area contributed by atoms with Gasteiger partial charge >= 0.3 is 6.03 Å². The van der Waals surface area contributed by atoms with Crippen LogP contribution in [0.5, 0.6) is 5.75 Å². The topological polar surface area (TPSA) is 50.4 Å². The summed E-state index contributed by atoms with van der Waals surface area (Å²) in [5, 5.41) is 5.61. The molecule has 2 N–H and O–H groups in total. The zero-order valence-corrected chi connectivity index (χ0v) is 12.5. The van der Waals surface area contributed by atoms with Gasteiger partial charge in [0.05, 0.1) is 12.8 Å². The van der Waals surface area contributed by atoms with Crippen LogP contribution in [0, 0.1) is 5.82 Å². The molecule has 0 radical (unpaired) electrons. The molecule has 2 amide bonds. The Morgan fingerprint density at radius 3 is 2.82 bits per heavy atom. The average molecular weight is 321 g/mol. The van der Waals surface area contributed by atoms with Crippen molar-refractivity contribution in [1.29, 1.82) is 0 Å². The monoisotopic (exact) mass is 320 g/mol. The lowest BCUT2D eigenvalue weighted by molar-refractivity contribution is 0.255. The molecule has 0 aliphatic rings. The summed E-state index contributed by atoms with van der Waals surface area (Å²) in [5.41, 5.74) is 1.09. The second-order valence-electron chi connectivity index (χ2n) is 4.33. The molecule has 0 atom stereocenters. The molecule has 0 unspecified atom stereocenters. The van der Waals surface area contributed by atoms with Crippen molar-refractivity contribution in [2.75, 3.05) is 12.4 Å². The number of benzene rings is 2. The van der Waals surface area contributed by atoms with Crippen LogP contribution < -0.4 is 15.4 Å². The van der Waals surface area contributed by atoms with Crippen molar-refractivity contribution < 1.29 is 13.9 Å². The molecule has 0 heterocycles. The van der Waals surface area contributed by atoms with Gasteiger partial charge in [-0.3, -0.25) is 0 Å². The smallest absolute Gasteiger partial charge is 0.323 e. The summed E-state index contributed by atoms with van der Waals surface area (Å²) < 4.78 is 18.1. The fourth-order valence-corrected chi connectivity index (χ4v) is 1.93. The third-order valence-corrected chi connectivity index (χ3v) is 2.98. The Morgan fingerprint density at radius 2 is 2.09 bits per heavy atom. The van der Waals surface area contributed by atoms with E-state index in [0.717, 1.165) is 0 Å². The molecule has 4 nitrogen and oxygen atoms in total. The van der Waals surface area contributed by atoms with Gasteiger partial charge in [-0.05, 0) is 42.0 Å². The maximum absolute atomic E-state index is 13.0. The zero-order chi connectivity index (χ0) is 15.9. The first-order chi connectivity index (χ1) is 10.6. The number of ether oxygens (including phenoxy) is 1. The first kappa shape index (κ1) is 15.9. The molecule has 22 heavy (non-hydrogen) atoms. The minimum atomic E-state index is -0.465. The summed E-state index contributed by atoms with van der Waals surface area (Å²) in [6, 6.07) is 10.4. The molecule has 0 aliphatic carbocycles. The second-order valence-corrected chi connectivity index (χ2v) is 4.77. The third-order valence-electron chi connectivity index (χ3n) is 2.75. The SMILES string of the molecule is COc1ccc(Cl)cc1NC(=O)N/C=C/c1cccc(F)c1. The van der Waals surface area contributed by atoms with Crippen LogP contribution in [0.2, 0.25) is 5.02 Å². The number of rotatable bonds is 4. The molecular weight excluding hydrogens is 307 g/mol. The van der Waals surface area contributed by atoms with Crippen LogP contribution in [-0.2, 0) is 0 Å². The summed E-state index contributed by atoms with van der Waals surface area (Å²) in [7, 11) is 1.50. The molecule has 2 rings (SSSR count). The number of carbonyl (C=O) groups is 1. The predicted octanol–water partition coefficient (Wildman–Crippen LogP) is 4.28. The number of hydrogen-bond donors (Lipinski definition) is 2. The summed E-state index contributed by atoms with van der Waals surface area (Å²) >= 11 is 5.88. The van der Waals surface area contributed by atoms with E-state index in [1.165, 1.54) is 25.4 Å². The van der Waals surface area contributed by atoms with E-state index in [1.54, 1.807) is 36.4 Å². The van der Waals surface area contributed by atoms with Crippen molar-refractivity contribution in [3.05, 3.63) is 65.1 Å². The Balaban J connectivity index is 1.97. The number of nitrogens with one attached hydrogen (secondary N) is 2. The highest BCUT2D eigenvalue weighted by molar-refractivity contribution is 6.31. The van der Waals surface area contributed by atoms with E-state index in [9.17, 15) is 9.18 Å². The third kappa shape index (κ3) is 4.49. The van der Waals surface area contributed by atoms with E-state index in [4.69, 9.17) is 16.3 Å². The molecule has 2 aromatic rings. The summed E-state index contributed by atoms with van der Waals surface area (Å²) in [5.74, 6) is 0.156. The summed E-state index contributed by atoms with van der Waals surface area (Å²) in [6.45, 7) is 0. The number of amides is 2. The number of methoxy groups -OCH3 is 1. The van der Waals surface area contributed by atoms with E-state index >= 15 is 0 Å².